The molecule has 0 aliphatic carbocycles. The van der Waals surface area contributed by atoms with E-state index in [2.05, 4.69) is 25.1 Å². The number of nitrogens with zero attached hydrogens (tertiary/aromatic N) is 3. The molecule has 16 nitrogen and oxygen atoms in total. The molecule has 38 heavy (non-hydrogen) atoms. The Kier molecular flexibility index (Phi) is 8.06. The number of benzene rings is 2. The fraction of sp³-hybridized carbons (Fsp3) is 0.136. The van der Waals surface area contributed by atoms with Gasteiger partial charge in [0.25, 0.3) is 17.2 Å². The van der Waals surface area contributed by atoms with E-state index in [9.17, 15) is 34.1 Å². The van der Waals surface area contributed by atoms with Gasteiger partial charge in [0.1, 0.15) is 17.4 Å². The van der Waals surface area contributed by atoms with Gasteiger partial charge in [-0.2, -0.15) is 5.10 Å². The third-order valence-electron chi connectivity index (χ3n) is 4.98. The van der Waals surface area contributed by atoms with E-state index in [1.165, 1.54) is 25.3 Å². The average molecular weight is 525 g/mol. The molecule has 0 fully saturated rings. The summed E-state index contributed by atoms with van der Waals surface area (Å²) in [6.07, 6.45) is 0. The predicted octanol–water partition coefficient (Wildman–Crippen LogP) is 0.329. The Bertz CT molecular complexity index is 1550. The van der Waals surface area contributed by atoms with E-state index in [-0.39, 0.29) is 28.2 Å². The smallest absolute Gasteiger partial charge is 0.355 e. The number of amides is 3. The number of aromatic amines is 1. The molecule has 5 N–H and O–H groups in total. The summed E-state index contributed by atoms with van der Waals surface area (Å²) in [5.74, 6) is -5.91. The molecule has 0 aliphatic rings. The van der Waals surface area contributed by atoms with Crippen molar-refractivity contribution in [1.29, 1.82) is 0 Å². The van der Waals surface area contributed by atoms with Crippen LogP contribution in [0.15, 0.2) is 52.4 Å². The maximum absolute atomic E-state index is 13.4. The van der Waals surface area contributed by atoms with Gasteiger partial charge >= 0.3 is 12.0 Å². The number of hydrogen-bond acceptors (Lipinski definition) is 11. The number of carbonyl (C=O) groups is 4. The van der Waals surface area contributed by atoms with Crippen molar-refractivity contribution in [2.45, 2.75) is 5.92 Å². The summed E-state index contributed by atoms with van der Waals surface area (Å²) >= 11 is 0. The molecule has 0 unspecified atom stereocenters. The molecular formula is C22H19N7O9. The number of ketones is 1. The van der Waals surface area contributed by atoms with Crippen LogP contribution >= 0.6 is 0 Å². The molecule has 0 spiro atoms. The summed E-state index contributed by atoms with van der Waals surface area (Å²) in [5, 5.41) is 16.9. The van der Waals surface area contributed by atoms with Crippen molar-refractivity contribution in [1.82, 2.24) is 15.4 Å². The molecular weight excluding hydrogens is 506 g/mol. The number of rotatable bonds is 9. The number of esters is 1. The largest absolute Gasteiger partial charge is 0.495 e. The van der Waals surface area contributed by atoms with Crippen LogP contribution in [0.4, 0.5) is 16.2 Å². The maximum Gasteiger partial charge on any atom is 0.355 e. The van der Waals surface area contributed by atoms with E-state index >= 15 is 0 Å². The number of methoxy groups -OCH3 is 2. The SMILES string of the molecule is COC(=O)/C(=N/NC(N)=O)[C@H](C(=O)C(=O)Nc1ccccc1OC)c1nc2ccc([N+](=O)[O-])cc2[nH]c1=O. The van der Waals surface area contributed by atoms with Gasteiger partial charge in [-0.05, 0) is 18.2 Å². The number of anilines is 1. The fourth-order valence-electron chi connectivity index (χ4n) is 3.29. The predicted molar refractivity (Wildman–Crippen MR) is 131 cm³/mol. The number of hydrogen-bond donors (Lipinski definition) is 4. The molecule has 3 amide bonds. The maximum atomic E-state index is 13.4. The first-order valence-corrected chi connectivity index (χ1v) is 10.4. The highest BCUT2D eigenvalue weighted by atomic mass is 16.6. The lowest BCUT2D eigenvalue weighted by atomic mass is 9.93. The van der Waals surface area contributed by atoms with Gasteiger partial charge in [0.2, 0.25) is 5.78 Å². The quantitative estimate of drug-likeness (QED) is 0.0981. The van der Waals surface area contributed by atoms with Crippen LogP contribution in [0.1, 0.15) is 11.6 Å². The van der Waals surface area contributed by atoms with Crippen molar-refractivity contribution >= 4 is 51.8 Å². The van der Waals surface area contributed by atoms with E-state index in [1.807, 2.05) is 0 Å². The van der Waals surface area contributed by atoms with Crippen molar-refractivity contribution < 1.29 is 33.6 Å². The second-order valence-electron chi connectivity index (χ2n) is 7.33. The Labute approximate surface area is 212 Å². The highest BCUT2D eigenvalue weighted by Gasteiger charge is 2.39. The summed E-state index contributed by atoms with van der Waals surface area (Å²) in [4.78, 5) is 80.0. The van der Waals surface area contributed by atoms with E-state index in [1.54, 1.807) is 17.6 Å². The van der Waals surface area contributed by atoms with Gasteiger partial charge in [-0.1, -0.05) is 12.1 Å². The highest BCUT2D eigenvalue weighted by molar-refractivity contribution is 6.53. The minimum absolute atomic E-state index is 0.0276. The second-order valence-corrected chi connectivity index (χ2v) is 7.33. The number of urea groups is 1. The first kappa shape index (κ1) is 26.9. The number of nitrogens with one attached hydrogen (secondary N) is 3. The lowest BCUT2D eigenvalue weighted by Gasteiger charge is -2.16. The van der Waals surface area contributed by atoms with Crippen molar-refractivity contribution in [2.75, 3.05) is 19.5 Å². The number of fused-ring (bicyclic) bond motifs is 1. The number of primary amides is 1. The normalized spacial score (nSPS) is 11.8. The number of nitro benzene ring substituents is 1. The number of hydrazone groups is 1. The number of non-ortho nitro benzene ring substituents is 1. The summed E-state index contributed by atoms with van der Waals surface area (Å²) in [6, 6.07) is 8.16. The highest BCUT2D eigenvalue weighted by Crippen LogP contribution is 2.25. The molecule has 0 saturated carbocycles. The van der Waals surface area contributed by atoms with Gasteiger partial charge in [0.05, 0.1) is 35.9 Å². The zero-order valence-corrected chi connectivity index (χ0v) is 19.7. The number of aromatic nitrogens is 2. The van der Waals surface area contributed by atoms with Crippen LogP contribution in [0.2, 0.25) is 0 Å². The van der Waals surface area contributed by atoms with E-state index < -0.39 is 51.5 Å². The second kappa shape index (κ2) is 11.4. The fourth-order valence-corrected chi connectivity index (χ4v) is 3.29. The van der Waals surface area contributed by atoms with Gasteiger partial charge in [0.15, 0.2) is 5.71 Å². The zero-order chi connectivity index (χ0) is 28.0. The summed E-state index contributed by atoms with van der Waals surface area (Å²) in [5.41, 5.74) is 3.73. The Hall–Kier alpha value is -5.67. The van der Waals surface area contributed by atoms with Gasteiger partial charge in [0, 0.05) is 12.1 Å². The number of carbonyl (C=O) groups excluding carboxylic acids is 4. The summed E-state index contributed by atoms with van der Waals surface area (Å²) in [6.45, 7) is 0. The molecule has 1 heterocycles. The first-order valence-electron chi connectivity index (χ1n) is 10.4. The van der Waals surface area contributed by atoms with Gasteiger partial charge < -0.3 is 25.5 Å². The minimum atomic E-state index is -2.10. The molecule has 0 aliphatic heterocycles. The summed E-state index contributed by atoms with van der Waals surface area (Å²) in [7, 11) is 2.26. The van der Waals surface area contributed by atoms with Crippen molar-refractivity contribution in [2.24, 2.45) is 10.8 Å². The molecule has 1 atom stereocenters. The van der Waals surface area contributed by atoms with Crippen molar-refractivity contribution in [3.05, 3.63) is 68.6 Å². The topological polar surface area (TPSA) is 238 Å². The standard InChI is InChI=1S/C22H19N7O9/c1-37-14-6-4-3-5-12(14)25-20(32)18(30)15(17(21(33)38-2)27-28-22(23)34)16-19(31)26-13-9-10(29(35)36)7-8-11(13)24-16/h3-9,15H,1-2H3,(H,25,32)(H,26,31)(H3,23,28,34)/b27-17+/t15-/m1/s1. The Morgan fingerprint density at radius 3 is 2.50 bits per heavy atom. The molecule has 1 aromatic heterocycles. The third kappa shape index (κ3) is 5.76. The van der Waals surface area contributed by atoms with Crippen LogP contribution in [0.3, 0.4) is 0 Å². The van der Waals surface area contributed by atoms with Gasteiger partial charge in [-0.3, -0.25) is 24.5 Å². The van der Waals surface area contributed by atoms with Crippen LogP contribution in [0.5, 0.6) is 5.75 Å². The van der Waals surface area contributed by atoms with Crippen molar-refractivity contribution in [3.63, 3.8) is 0 Å². The molecule has 0 radical (unpaired) electrons. The number of Topliss-reactive ketones (excluding diaryl/α,β-unsaturated/α-hetero) is 1. The third-order valence-corrected chi connectivity index (χ3v) is 4.98. The minimum Gasteiger partial charge on any atom is -0.495 e. The number of nitro groups is 1. The molecule has 0 saturated heterocycles. The van der Waals surface area contributed by atoms with E-state index in [4.69, 9.17) is 10.5 Å². The molecule has 16 heteroatoms. The number of H-pyrrole nitrogens is 1. The number of nitrogens with two attached hydrogens (primary N) is 1. The molecule has 0 bridgehead atoms. The molecule has 2 aromatic carbocycles. The summed E-state index contributed by atoms with van der Waals surface area (Å²) < 4.78 is 9.75. The van der Waals surface area contributed by atoms with Crippen LogP contribution in [0.25, 0.3) is 11.0 Å². The monoisotopic (exact) mass is 525 g/mol. The zero-order valence-electron chi connectivity index (χ0n) is 19.7. The Morgan fingerprint density at radius 2 is 1.87 bits per heavy atom. The van der Waals surface area contributed by atoms with Crippen LogP contribution in [0, 0.1) is 10.1 Å². The van der Waals surface area contributed by atoms with Crippen LogP contribution in [-0.2, 0) is 19.1 Å². The average Bonchev–Trinajstić information content (AvgIpc) is 2.89. The van der Waals surface area contributed by atoms with E-state index in [0.29, 0.717) is 0 Å². The molecule has 3 rings (SSSR count). The van der Waals surface area contributed by atoms with E-state index in [0.717, 1.165) is 19.2 Å². The lowest BCUT2D eigenvalue weighted by molar-refractivity contribution is -0.384. The Morgan fingerprint density at radius 1 is 1.16 bits per heavy atom. The molecule has 196 valence electrons. The van der Waals surface area contributed by atoms with Gasteiger partial charge in [-0.15, -0.1) is 0 Å². The van der Waals surface area contributed by atoms with Gasteiger partial charge in [-0.25, -0.2) is 20.0 Å². The number of para-hydroxylation sites is 2. The van der Waals surface area contributed by atoms with Crippen molar-refractivity contribution in [3.8, 4) is 5.75 Å². The van der Waals surface area contributed by atoms with Crippen LogP contribution < -0.4 is 26.8 Å². The lowest BCUT2D eigenvalue weighted by Crippen LogP contribution is -2.41. The number of ether oxygens (including phenoxy) is 2. The van der Waals surface area contributed by atoms with Crippen LogP contribution in [-0.4, -0.2) is 58.5 Å². The first-order chi connectivity index (χ1) is 18.1. The Balaban J connectivity index is 2.19. The molecule has 3 aromatic rings.